The number of imidazole rings is 2. The summed E-state index contributed by atoms with van der Waals surface area (Å²) in [4.78, 5) is 38.9. The van der Waals surface area contributed by atoms with E-state index in [9.17, 15) is 29.5 Å². The topological polar surface area (TPSA) is 251 Å². The Labute approximate surface area is 249 Å². The molecule has 20 heteroatoms. The molecule has 7 N–H and O–H groups in total. The molecule has 18 nitrogen and oxygen atoms in total. The molecular formula is C23H35N8O10PS. The molecule has 238 valence electrons. The first-order valence-electron chi connectivity index (χ1n) is 13.0. The predicted molar refractivity (Wildman–Crippen MR) is 153 cm³/mol. The molecule has 4 rings (SSSR count). The fourth-order valence-corrected chi connectivity index (χ4v) is 8.11. The van der Waals surface area contributed by atoms with Crippen molar-refractivity contribution in [3.63, 3.8) is 0 Å². The SMILES string of the molecule is COc1nc(N)nc2c1ncn2[C@@H]1OC(CO[P@@](=O)(N[C@@H](C)C(=O)OC(C)C)SCc2c(O)[nH]c(=O)n2C)[C@@H](O)[C@@]1(C)O. The van der Waals surface area contributed by atoms with Gasteiger partial charge in [-0.15, -0.1) is 0 Å². The van der Waals surface area contributed by atoms with Gasteiger partial charge in [-0.1, -0.05) is 0 Å². The van der Waals surface area contributed by atoms with Crippen molar-refractivity contribution < 1.29 is 43.4 Å². The number of aromatic nitrogens is 6. The minimum atomic E-state index is -4.05. The smallest absolute Gasteiger partial charge is 0.328 e. The number of aliphatic hydroxyl groups is 2. The lowest BCUT2D eigenvalue weighted by Gasteiger charge is -2.27. The van der Waals surface area contributed by atoms with Gasteiger partial charge >= 0.3 is 18.4 Å². The van der Waals surface area contributed by atoms with Crippen molar-refractivity contribution in [3.8, 4) is 11.8 Å². The third kappa shape index (κ3) is 6.67. The molecule has 6 atom stereocenters. The summed E-state index contributed by atoms with van der Waals surface area (Å²) in [6.45, 7) is 1.52. The number of nitrogens with zero attached hydrogens (tertiary/aromatic N) is 5. The normalized spacial score (nSPS) is 24.3. The molecule has 1 aliphatic rings. The highest BCUT2D eigenvalue weighted by Gasteiger charge is 2.54. The van der Waals surface area contributed by atoms with E-state index in [2.05, 4.69) is 25.0 Å². The van der Waals surface area contributed by atoms with E-state index in [0.717, 1.165) is 4.57 Å². The summed E-state index contributed by atoms with van der Waals surface area (Å²) in [5, 5.41) is 35.0. The van der Waals surface area contributed by atoms with Crippen molar-refractivity contribution in [2.75, 3.05) is 19.5 Å². The van der Waals surface area contributed by atoms with Crippen LogP contribution in [-0.2, 0) is 36.2 Å². The number of nitrogens with one attached hydrogen (secondary N) is 2. The number of nitrogen functional groups attached to an aromatic ring is 1. The maximum atomic E-state index is 14.0. The Morgan fingerprint density at radius 2 is 2.07 bits per heavy atom. The van der Waals surface area contributed by atoms with Gasteiger partial charge in [0, 0.05) is 12.8 Å². The third-order valence-corrected chi connectivity index (χ3v) is 10.6. The summed E-state index contributed by atoms with van der Waals surface area (Å²) in [5.41, 5.74) is 3.83. The van der Waals surface area contributed by atoms with E-state index in [0.29, 0.717) is 11.4 Å². The van der Waals surface area contributed by atoms with Crippen LogP contribution in [0.5, 0.6) is 11.8 Å². The van der Waals surface area contributed by atoms with E-state index >= 15 is 0 Å². The van der Waals surface area contributed by atoms with Crippen LogP contribution in [0.4, 0.5) is 5.95 Å². The van der Waals surface area contributed by atoms with Crippen molar-refractivity contribution in [3.05, 3.63) is 22.5 Å². The lowest BCUT2D eigenvalue weighted by atomic mass is 9.96. The second-order valence-corrected chi connectivity index (χ2v) is 14.6. The molecule has 0 saturated carbocycles. The second kappa shape index (κ2) is 12.4. The van der Waals surface area contributed by atoms with Crippen molar-refractivity contribution in [1.29, 1.82) is 0 Å². The zero-order valence-corrected chi connectivity index (χ0v) is 26.0. The molecule has 1 fully saturated rings. The number of rotatable bonds is 12. The van der Waals surface area contributed by atoms with Crippen LogP contribution in [0.25, 0.3) is 11.2 Å². The highest BCUT2D eigenvalue weighted by atomic mass is 32.7. The molecule has 0 radical (unpaired) electrons. The first-order valence-corrected chi connectivity index (χ1v) is 16.2. The van der Waals surface area contributed by atoms with Crippen LogP contribution in [-0.4, -0.2) is 94.0 Å². The highest BCUT2D eigenvalue weighted by molar-refractivity contribution is 8.55. The Kier molecular flexibility index (Phi) is 9.46. The average molecular weight is 647 g/mol. The van der Waals surface area contributed by atoms with Crippen molar-refractivity contribution in [2.45, 2.75) is 69.6 Å². The van der Waals surface area contributed by atoms with Crippen LogP contribution < -0.4 is 21.2 Å². The molecule has 1 saturated heterocycles. The number of ether oxygens (including phenoxy) is 3. The van der Waals surface area contributed by atoms with Gasteiger partial charge in [0.25, 0.3) is 0 Å². The summed E-state index contributed by atoms with van der Waals surface area (Å²) in [5.74, 6) is -1.31. The number of esters is 1. The van der Waals surface area contributed by atoms with Gasteiger partial charge in [0.2, 0.25) is 17.7 Å². The van der Waals surface area contributed by atoms with Crippen LogP contribution in [0.3, 0.4) is 0 Å². The fourth-order valence-electron chi connectivity index (χ4n) is 4.36. The molecule has 0 aromatic carbocycles. The van der Waals surface area contributed by atoms with Crippen LogP contribution in [0.1, 0.15) is 39.6 Å². The Balaban J connectivity index is 1.57. The van der Waals surface area contributed by atoms with E-state index in [1.807, 2.05) is 0 Å². The van der Waals surface area contributed by atoms with Gasteiger partial charge < -0.3 is 39.8 Å². The fraction of sp³-hybridized carbons (Fsp3) is 0.609. The summed E-state index contributed by atoms with van der Waals surface area (Å²) >= 11 is 0.689. The number of aromatic amines is 1. The monoisotopic (exact) mass is 646 g/mol. The molecule has 0 spiro atoms. The zero-order valence-electron chi connectivity index (χ0n) is 24.2. The quantitative estimate of drug-likeness (QED) is 0.113. The molecule has 3 aromatic rings. The largest absolute Gasteiger partial charge is 0.493 e. The highest BCUT2D eigenvalue weighted by Crippen LogP contribution is 2.58. The molecule has 0 amide bonds. The zero-order chi connectivity index (χ0) is 31.9. The number of carbonyl (C=O) groups is 1. The molecule has 0 bridgehead atoms. The van der Waals surface area contributed by atoms with Crippen LogP contribution >= 0.6 is 18.1 Å². The number of H-pyrrole nitrogens is 1. The van der Waals surface area contributed by atoms with Crippen molar-refractivity contribution in [2.24, 2.45) is 7.05 Å². The maximum absolute atomic E-state index is 14.0. The van der Waals surface area contributed by atoms with E-state index in [1.54, 1.807) is 13.8 Å². The number of aliphatic hydroxyl groups excluding tert-OH is 1. The van der Waals surface area contributed by atoms with E-state index < -0.39 is 67.1 Å². The number of anilines is 1. The van der Waals surface area contributed by atoms with Gasteiger partial charge in [-0.25, -0.2) is 14.9 Å². The van der Waals surface area contributed by atoms with Gasteiger partial charge in [0.15, 0.2) is 17.4 Å². The minimum Gasteiger partial charge on any atom is -0.493 e. The van der Waals surface area contributed by atoms with Gasteiger partial charge in [-0.2, -0.15) is 9.97 Å². The average Bonchev–Trinajstić information content (AvgIpc) is 3.52. The molecule has 4 heterocycles. The number of fused-ring (bicyclic) bond motifs is 1. The van der Waals surface area contributed by atoms with E-state index in [-0.39, 0.29) is 34.4 Å². The summed E-state index contributed by atoms with van der Waals surface area (Å²) in [6, 6.07) is -1.09. The molecule has 43 heavy (non-hydrogen) atoms. The Morgan fingerprint density at radius 3 is 2.67 bits per heavy atom. The second-order valence-electron chi connectivity index (χ2n) is 10.3. The lowest BCUT2D eigenvalue weighted by molar-refractivity contribution is -0.149. The predicted octanol–water partition coefficient (Wildman–Crippen LogP) is 0.147. The number of hydrogen-bond donors (Lipinski definition) is 6. The standard InChI is InChI=1S/C23H35N8O10PS/c1-10(2)40-19(34)11(3)29-42(37,43-8-12-17(33)27-22(35)30(12)5)39-7-13-15(32)23(4,36)20(41-13)31-9-25-14-16(31)26-21(24)28-18(14)38-6/h9-11,13,15,20,32-33,36H,7-8H2,1-6H3,(H,27,35)(H,29,37)(H2,24,26,28)/t11-,13?,15+,20+,23+,42-/m0/s1. The van der Waals surface area contributed by atoms with Crippen LogP contribution in [0.2, 0.25) is 0 Å². The van der Waals surface area contributed by atoms with E-state index in [1.165, 1.54) is 38.9 Å². The van der Waals surface area contributed by atoms with Gasteiger partial charge in [-0.05, 0) is 39.1 Å². The Hall–Kier alpha value is -3.19. The number of nitrogens with two attached hydrogens (primary N) is 1. The minimum absolute atomic E-state index is 0.0967. The van der Waals surface area contributed by atoms with Crippen molar-refractivity contribution in [1.82, 2.24) is 34.2 Å². The third-order valence-electron chi connectivity index (χ3n) is 6.65. The summed E-state index contributed by atoms with van der Waals surface area (Å²) < 4.78 is 38.6. The van der Waals surface area contributed by atoms with Gasteiger partial charge in [-0.3, -0.25) is 23.5 Å². The Morgan fingerprint density at radius 1 is 1.37 bits per heavy atom. The van der Waals surface area contributed by atoms with E-state index in [4.69, 9.17) is 24.5 Å². The first-order chi connectivity index (χ1) is 20.1. The number of carbonyl (C=O) groups excluding carboxylic acids is 1. The maximum Gasteiger partial charge on any atom is 0.328 e. The molecule has 1 aliphatic heterocycles. The molecular weight excluding hydrogens is 611 g/mol. The van der Waals surface area contributed by atoms with Crippen LogP contribution in [0, 0.1) is 0 Å². The summed E-state index contributed by atoms with van der Waals surface area (Å²) in [7, 11) is 2.79. The number of methoxy groups -OCH3 is 1. The number of hydrogen-bond acceptors (Lipinski definition) is 15. The van der Waals surface area contributed by atoms with Gasteiger partial charge in [0.1, 0.15) is 23.9 Å². The number of aromatic hydroxyl groups is 1. The Bertz CT molecular complexity index is 1590. The van der Waals surface area contributed by atoms with Gasteiger partial charge in [0.05, 0.1) is 31.8 Å². The molecule has 0 aliphatic carbocycles. The molecule has 1 unspecified atom stereocenters. The summed E-state index contributed by atoms with van der Waals surface area (Å²) in [6.07, 6.45) is -3.14. The lowest BCUT2D eigenvalue weighted by Crippen LogP contribution is -2.44. The first kappa shape index (κ1) is 32.7. The van der Waals surface area contributed by atoms with Crippen LogP contribution in [0.15, 0.2) is 11.1 Å². The van der Waals surface area contributed by atoms with Crippen molar-refractivity contribution >= 4 is 41.2 Å². The molecule has 3 aromatic heterocycles.